The number of aliphatic hydroxyl groups excluding tert-OH is 1. The summed E-state index contributed by atoms with van der Waals surface area (Å²) in [6.07, 6.45) is 6.34. The van der Waals surface area contributed by atoms with Crippen molar-refractivity contribution in [2.75, 3.05) is 26.2 Å². The van der Waals surface area contributed by atoms with Crippen molar-refractivity contribution in [3.8, 4) is 0 Å². The molecule has 0 aliphatic rings. The van der Waals surface area contributed by atoms with Crippen LogP contribution in [0.4, 0.5) is 0 Å². The Morgan fingerprint density at radius 2 is 1.79 bits per heavy atom. The standard InChI is InChI=1S/C18H39N7O3/c1-15(19)9-13-21-10-6-7-12-23-17(27)18(28)25-16(26)8-4-2-3-5-11-22-14-24-20/h14-15,18,21,28H,2-13,19-20H2,1H3,(H,22,24)(H,23,27)(H,25,26)/t15?,18-/m0/s1. The van der Waals surface area contributed by atoms with Crippen molar-refractivity contribution >= 4 is 18.2 Å². The fourth-order valence-electron chi connectivity index (χ4n) is 2.39. The van der Waals surface area contributed by atoms with Gasteiger partial charge in [0.15, 0.2) is 0 Å². The number of aliphatic imine (C=N–C) groups is 1. The van der Waals surface area contributed by atoms with Gasteiger partial charge >= 0.3 is 0 Å². The Balaban J connectivity index is 3.57. The minimum atomic E-state index is -1.50. The van der Waals surface area contributed by atoms with Gasteiger partial charge in [0, 0.05) is 25.6 Å². The molecule has 0 aliphatic heterocycles. The minimum absolute atomic E-state index is 0.197. The Morgan fingerprint density at radius 3 is 2.50 bits per heavy atom. The summed E-state index contributed by atoms with van der Waals surface area (Å²) < 4.78 is 0. The highest BCUT2D eigenvalue weighted by Gasteiger charge is 2.16. The van der Waals surface area contributed by atoms with E-state index in [-0.39, 0.29) is 18.4 Å². The quantitative estimate of drug-likeness (QED) is 0.0389. The molecular formula is C18H39N7O3. The number of hydrazine groups is 1. The molecule has 2 atom stereocenters. The first kappa shape index (κ1) is 26.2. The lowest BCUT2D eigenvalue weighted by atomic mass is 10.1. The first-order valence-electron chi connectivity index (χ1n) is 10.1. The van der Waals surface area contributed by atoms with Crippen molar-refractivity contribution < 1.29 is 14.7 Å². The first-order chi connectivity index (χ1) is 13.5. The van der Waals surface area contributed by atoms with Crippen molar-refractivity contribution in [2.24, 2.45) is 16.6 Å². The van der Waals surface area contributed by atoms with Crippen molar-refractivity contribution in [3.05, 3.63) is 0 Å². The molecule has 0 heterocycles. The molecule has 0 aliphatic carbocycles. The highest BCUT2D eigenvalue weighted by molar-refractivity contribution is 5.86. The van der Waals surface area contributed by atoms with E-state index < -0.39 is 12.1 Å². The molecular weight excluding hydrogens is 362 g/mol. The average molecular weight is 402 g/mol. The Hall–Kier alpha value is -1.75. The molecule has 164 valence electrons. The lowest BCUT2D eigenvalue weighted by Crippen LogP contribution is -2.46. The van der Waals surface area contributed by atoms with Crippen LogP contribution < -0.4 is 33.0 Å². The fourth-order valence-corrected chi connectivity index (χ4v) is 2.39. The Bertz CT molecular complexity index is 433. The highest BCUT2D eigenvalue weighted by atomic mass is 16.3. The van der Waals surface area contributed by atoms with Gasteiger partial charge in [-0.25, -0.2) is 5.84 Å². The zero-order chi connectivity index (χ0) is 21.0. The van der Waals surface area contributed by atoms with Crippen LogP contribution in [0, 0.1) is 0 Å². The van der Waals surface area contributed by atoms with Crippen LogP contribution >= 0.6 is 0 Å². The Morgan fingerprint density at radius 1 is 1.07 bits per heavy atom. The van der Waals surface area contributed by atoms with E-state index in [1.807, 2.05) is 6.92 Å². The van der Waals surface area contributed by atoms with Crippen molar-refractivity contribution in [1.82, 2.24) is 21.4 Å². The van der Waals surface area contributed by atoms with Crippen molar-refractivity contribution in [1.29, 1.82) is 0 Å². The molecule has 0 bridgehead atoms. The molecule has 1 unspecified atom stereocenters. The van der Waals surface area contributed by atoms with Crippen LogP contribution in [0.3, 0.4) is 0 Å². The number of hydrogen-bond acceptors (Lipinski definition) is 7. The van der Waals surface area contributed by atoms with Crippen LogP contribution in [0.1, 0.15) is 58.3 Å². The summed E-state index contributed by atoms with van der Waals surface area (Å²) in [5.41, 5.74) is 7.99. The van der Waals surface area contributed by atoms with Crippen LogP contribution in [0.2, 0.25) is 0 Å². The summed E-state index contributed by atoms with van der Waals surface area (Å²) in [6, 6.07) is 0.197. The number of carbonyl (C=O) groups excluding carboxylic acids is 2. The third kappa shape index (κ3) is 17.7. The smallest absolute Gasteiger partial charge is 0.269 e. The number of nitrogens with one attached hydrogen (secondary N) is 4. The third-order valence-electron chi connectivity index (χ3n) is 4.01. The largest absolute Gasteiger partial charge is 0.365 e. The number of carbonyl (C=O) groups is 2. The van der Waals surface area contributed by atoms with E-state index in [0.29, 0.717) is 19.5 Å². The second-order valence-corrected chi connectivity index (χ2v) is 6.85. The lowest BCUT2D eigenvalue weighted by Gasteiger charge is -2.13. The summed E-state index contributed by atoms with van der Waals surface area (Å²) >= 11 is 0. The van der Waals surface area contributed by atoms with Crippen LogP contribution in [0.15, 0.2) is 4.99 Å². The maximum absolute atomic E-state index is 11.8. The zero-order valence-electron chi connectivity index (χ0n) is 17.1. The zero-order valence-corrected chi connectivity index (χ0v) is 17.1. The molecule has 0 aromatic rings. The van der Waals surface area contributed by atoms with Crippen LogP contribution in [0.25, 0.3) is 0 Å². The second-order valence-electron chi connectivity index (χ2n) is 6.85. The first-order valence-corrected chi connectivity index (χ1v) is 10.1. The van der Waals surface area contributed by atoms with Crippen molar-refractivity contribution in [3.63, 3.8) is 0 Å². The number of hydrogen-bond donors (Lipinski definition) is 7. The average Bonchev–Trinajstić information content (AvgIpc) is 2.65. The summed E-state index contributed by atoms with van der Waals surface area (Å²) in [6.45, 7) is 4.87. The summed E-state index contributed by atoms with van der Waals surface area (Å²) in [5, 5.41) is 17.9. The van der Waals surface area contributed by atoms with Gasteiger partial charge in [0.05, 0.1) is 6.34 Å². The predicted octanol–water partition coefficient (Wildman–Crippen LogP) is -0.914. The van der Waals surface area contributed by atoms with E-state index in [9.17, 15) is 14.7 Å². The van der Waals surface area contributed by atoms with E-state index in [1.165, 1.54) is 6.34 Å². The SMILES string of the molecule is CC(N)CCNCCCCNC(=O)[C@H](O)NC(=O)CCCCCCN=CNN. The van der Waals surface area contributed by atoms with Crippen molar-refractivity contribution in [2.45, 2.75) is 70.6 Å². The molecule has 0 radical (unpaired) electrons. The van der Waals surface area contributed by atoms with Gasteiger partial charge in [-0.3, -0.25) is 14.6 Å². The highest BCUT2D eigenvalue weighted by Crippen LogP contribution is 2.03. The van der Waals surface area contributed by atoms with Crippen LogP contribution in [-0.2, 0) is 9.59 Å². The van der Waals surface area contributed by atoms with Crippen LogP contribution in [0.5, 0.6) is 0 Å². The number of nitrogens with zero attached hydrogens (tertiary/aromatic N) is 1. The number of unbranched alkanes of at least 4 members (excludes halogenated alkanes) is 4. The maximum Gasteiger partial charge on any atom is 0.269 e. The Labute approximate surface area is 168 Å². The summed E-state index contributed by atoms with van der Waals surface area (Å²) in [5.74, 6) is 4.14. The molecule has 0 aromatic carbocycles. The molecule has 0 aromatic heterocycles. The summed E-state index contributed by atoms with van der Waals surface area (Å²) in [4.78, 5) is 27.5. The Kier molecular flexibility index (Phi) is 17.4. The van der Waals surface area contributed by atoms with Gasteiger partial charge < -0.3 is 32.2 Å². The molecule has 28 heavy (non-hydrogen) atoms. The molecule has 9 N–H and O–H groups in total. The van der Waals surface area contributed by atoms with Gasteiger partial charge in [-0.1, -0.05) is 12.8 Å². The molecule has 10 heteroatoms. The van der Waals surface area contributed by atoms with Gasteiger partial charge in [0.25, 0.3) is 5.91 Å². The van der Waals surface area contributed by atoms with E-state index in [2.05, 4.69) is 26.4 Å². The fraction of sp³-hybridized carbons (Fsp3) is 0.833. The molecule has 0 fully saturated rings. The lowest BCUT2D eigenvalue weighted by molar-refractivity contribution is -0.136. The summed E-state index contributed by atoms with van der Waals surface area (Å²) in [7, 11) is 0. The number of rotatable bonds is 18. The molecule has 0 spiro atoms. The van der Waals surface area contributed by atoms with E-state index in [4.69, 9.17) is 11.6 Å². The van der Waals surface area contributed by atoms with Gasteiger partial charge in [-0.2, -0.15) is 0 Å². The van der Waals surface area contributed by atoms with E-state index in [0.717, 1.165) is 51.6 Å². The normalized spacial score (nSPS) is 13.3. The van der Waals surface area contributed by atoms with Gasteiger partial charge in [0.1, 0.15) is 0 Å². The predicted molar refractivity (Wildman–Crippen MR) is 111 cm³/mol. The molecule has 0 rings (SSSR count). The van der Waals surface area contributed by atoms with Gasteiger partial charge in [-0.15, -0.1) is 0 Å². The molecule has 2 amide bonds. The van der Waals surface area contributed by atoms with Gasteiger partial charge in [0.2, 0.25) is 12.1 Å². The number of aliphatic hydroxyl groups is 1. The van der Waals surface area contributed by atoms with Crippen LogP contribution in [-0.4, -0.2) is 61.7 Å². The third-order valence-corrected chi connectivity index (χ3v) is 4.01. The van der Waals surface area contributed by atoms with Gasteiger partial charge in [-0.05, 0) is 52.1 Å². The molecule has 10 nitrogen and oxygen atoms in total. The van der Waals surface area contributed by atoms with E-state index in [1.54, 1.807) is 0 Å². The monoisotopic (exact) mass is 401 g/mol. The maximum atomic E-state index is 11.8. The molecule has 0 saturated heterocycles. The molecule has 0 saturated carbocycles. The topological polar surface area (TPSA) is 167 Å². The number of amides is 2. The second kappa shape index (κ2) is 18.6. The van der Waals surface area contributed by atoms with E-state index >= 15 is 0 Å². The number of nitrogens with two attached hydrogens (primary N) is 2. The minimum Gasteiger partial charge on any atom is -0.365 e.